The average molecular weight is 247 g/mol. The summed E-state index contributed by atoms with van der Waals surface area (Å²) in [7, 11) is -2.04. The smallest absolute Gasteiger partial charge is 0.226 e. The van der Waals surface area contributed by atoms with Crippen LogP contribution in [0, 0.1) is 17.6 Å². The Labute approximate surface area is 94.7 Å². The summed E-state index contributed by atoms with van der Waals surface area (Å²) >= 11 is 0. The standard InChI is InChI=1S/C11H16F3NSi/c1-4-16(5-2,6-3)8-7-15-11(14)10(13)9(8)12/h7H,4-6H2,1-3H3. The molecule has 90 valence electrons. The molecule has 0 saturated carbocycles. The van der Waals surface area contributed by atoms with E-state index in [-0.39, 0.29) is 0 Å². The highest BCUT2D eigenvalue weighted by atomic mass is 28.3. The van der Waals surface area contributed by atoms with Crippen molar-refractivity contribution in [2.75, 3.05) is 0 Å². The zero-order valence-corrected chi connectivity index (χ0v) is 10.8. The summed E-state index contributed by atoms with van der Waals surface area (Å²) in [4.78, 5) is 3.30. The van der Waals surface area contributed by atoms with Crippen LogP contribution in [0.1, 0.15) is 20.8 Å². The van der Waals surface area contributed by atoms with E-state index >= 15 is 0 Å². The molecule has 0 amide bonds. The number of halogens is 3. The maximum atomic E-state index is 13.7. The van der Waals surface area contributed by atoms with Crippen LogP contribution in [0.15, 0.2) is 6.20 Å². The van der Waals surface area contributed by atoms with Crippen molar-refractivity contribution in [3.63, 3.8) is 0 Å². The Morgan fingerprint density at radius 3 is 1.94 bits per heavy atom. The predicted molar refractivity (Wildman–Crippen MR) is 60.9 cm³/mol. The number of rotatable bonds is 4. The molecule has 1 nitrogen and oxygen atoms in total. The van der Waals surface area contributed by atoms with Gasteiger partial charge in [0.1, 0.15) is 0 Å². The first-order valence-corrected chi connectivity index (χ1v) is 8.14. The van der Waals surface area contributed by atoms with E-state index in [1.807, 2.05) is 20.8 Å². The molecule has 0 saturated heterocycles. The predicted octanol–water partition coefficient (Wildman–Crippen LogP) is 3.21. The molecule has 0 aliphatic rings. The first-order chi connectivity index (χ1) is 7.52. The van der Waals surface area contributed by atoms with Gasteiger partial charge in [0.15, 0.2) is 5.82 Å². The Morgan fingerprint density at radius 2 is 1.50 bits per heavy atom. The largest absolute Gasteiger partial charge is 0.251 e. The summed E-state index contributed by atoms with van der Waals surface area (Å²) < 4.78 is 39.6. The van der Waals surface area contributed by atoms with E-state index in [1.54, 1.807) is 0 Å². The molecular formula is C11H16F3NSi. The van der Waals surface area contributed by atoms with Gasteiger partial charge in [-0.25, -0.2) is 9.37 Å². The van der Waals surface area contributed by atoms with Gasteiger partial charge in [0.25, 0.3) is 5.95 Å². The van der Waals surface area contributed by atoms with Crippen LogP contribution in [-0.2, 0) is 0 Å². The fraction of sp³-hybridized carbons (Fsp3) is 0.545. The molecule has 0 aromatic carbocycles. The number of nitrogens with zero attached hydrogens (tertiary/aromatic N) is 1. The van der Waals surface area contributed by atoms with Crippen molar-refractivity contribution in [2.45, 2.75) is 38.9 Å². The second-order valence-corrected chi connectivity index (χ2v) is 9.15. The Kier molecular flexibility index (Phi) is 4.13. The highest BCUT2D eigenvalue weighted by Gasteiger charge is 2.34. The highest BCUT2D eigenvalue weighted by molar-refractivity contribution is 6.91. The molecular weight excluding hydrogens is 231 g/mol. The first-order valence-electron chi connectivity index (χ1n) is 5.52. The molecule has 1 heterocycles. The van der Waals surface area contributed by atoms with Gasteiger partial charge in [0.2, 0.25) is 5.82 Å². The fourth-order valence-corrected chi connectivity index (χ4v) is 5.69. The third-order valence-corrected chi connectivity index (χ3v) is 9.07. The maximum absolute atomic E-state index is 13.7. The third-order valence-electron chi connectivity index (χ3n) is 3.52. The molecule has 0 unspecified atom stereocenters. The summed E-state index contributed by atoms with van der Waals surface area (Å²) in [5.74, 6) is -3.83. The van der Waals surface area contributed by atoms with Crippen molar-refractivity contribution in [3.8, 4) is 0 Å². The normalized spacial score (nSPS) is 11.9. The Hall–Kier alpha value is -0.843. The minimum atomic E-state index is -2.04. The molecule has 0 aliphatic carbocycles. The van der Waals surface area contributed by atoms with Crippen LogP contribution in [-0.4, -0.2) is 13.1 Å². The molecule has 1 aromatic heterocycles. The Bertz CT molecular complexity index is 369. The topological polar surface area (TPSA) is 12.9 Å². The van der Waals surface area contributed by atoms with Crippen LogP contribution in [0.5, 0.6) is 0 Å². The van der Waals surface area contributed by atoms with E-state index < -0.39 is 25.7 Å². The van der Waals surface area contributed by atoms with Gasteiger partial charge in [-0.2, -0.15) is 8.78 Å². The lowest BCUT2D eigenvalue weighted by Crippen LogP contribution is -2.48. The molecule has 5 heteroatoms. The van der Waals surface area contributed by atoms with E-state index in [0.29, 0.717) is 5.19 Å². The molecule has 16 heavy (non-hydrogen) atoms. The number of hydrogen-bond donors (Lipinski definition) is 0. The van der Waals surface area contributed by atoms with Gasteiger partial charge >= 0.3 is 0 Å². The summed E-state index contributed by atoms with van der Waals surface area (Å²) in [5.41, 5.74) is 0. The highest BCUT2D eigenvalue weighted by Crippen LogP contribution is 2.22. The SMILES string of the molecule is CC[Si](CC)(CC)c1cnc(F)c(F)c1F. The summed E-state index contributed by atoms with van der Waals surface area (Å²) in [6.45, 7) is 5.92. The van der Waals surface area contributed by atoms with Crippen molar-refractivity contribution >= 4 is 13.3 Å². The number of hydrogen-bond acceptors (Lipinski definition) is 1. The lowest BCUT2D eigenvalue weighted by molar-refractivity contribution is 0.430. The van der Waals surface area contributed by atoms with Gasteiger partial charge in [-0.05, 0) is 5.19 Å². The molecule has 0 bridgehead atoms. The van der Waals surface area contributed by atoms with Gasteiger partial charge in [-0.3, -0.25) is 0 Å². The van der Waals surface area contributed by atoms with Gasteiger partial charge in [-0.1, -0.05) is 38.9 Å². The van der Waals surface area contributed by atoms with Crippen molar-refractivity contribution in [1.82, 2.24) is 4.98 Å². The Morgan fingerprint density at radius 1 is 1.00 bits per heavy atom. The van der Waals surface area contributed by atoms with Gasteiger partial charge in [0, 0.05) is 6.20 Å². The monoisotopic (exact) mass is 247 g/mol. The van der Waals surface area contributed by atoms with Gasteiger partial charge < -0.3 is 0 Å². The quantitative estimate of drug-likeness (QED) is 0.588. The molecule has 0 radical (unpaired) electrons. The minimum absolute atomic E-state index is 0.318. The van der Waals surface area contributed by atoms with Crippen LogP contribution in [0.4, 0.5) is 13.2 Å². The van der Waals surface area contributed by atoms with Crippen LogP contribution in [0.25, 0.3) is 0 Å². The Balaban J connectivity index is 3.36. The molecule has 0 aliphatic heterocycles. The number of aromatic nitrogens is 1. The van der Waals surface area contributed by atoms with Crippen molar-refractivity contribution in [1.29, 1.82) is 0 Å². The zero-order valence-electron chi connectivity index (χ0n) is 9.78. The average Bonchev–Trinajstić information content (AvgIpc) is 2.31. The zero-order chi connectivity index (χ0) is 12.3. The lowest BCUT2D eigenvalue weighted by atomic mass is 10.4. The molecule has 0 N–H and O–H groups in total. The van der Waals surface area contributed by atoms with Crippen molar-refractivity contribution in [2.24, 2.45) is 0 Å². The fourth-order valence-electron chi connectivity index (χ4n) is 2.13. The van der Waals surface area contributed by atoms with Gasteiger partial charge in [-0.15, -0.1) is 0 Å². The lowest BCUT2D eigenvalue weighted by Gasteiger charge is -2.28. The summed E-state index contributed by atoms with van der Waals surface area (Å²) in [5, 5.41) is 0.318. The molecule has 0 atom stereocenters. The van der Waals surface area contributed by atoms with E-state index in [2.05, 4.69) is 4.98 Å². The third kappa shape index (κ3) is 2.00. The van der Waals surface area contributed by atoms with Crippen LogP contribution < -0.4 is 5.19 Å². The van der Waals surface area contributed by atoms with E-state index in [0.717, 1.165) is 18.1 Å². The molecule has 0 spiro atoms. The number of pyridine rings is 1. The van der Waals surface area contributed by atoms with E-state index in [9.17, 15) is 13.2 Å². The second kappa shape index (κ2) is 4.99. The molecule has 0 fully saturated rings. The van der Waals surface area contributed by atoms with Crippen molar-refractivity contribution in [3.05, 3.63) is 23.8 Å². The summed E-state index contributed by atoms with van der Waals surface area (Å²) in [6, 6.07) is 2.43. The van der Waals surface area contributed by atoms with Crippen LogP contribution in [0.3, 0.4) is 0 Å². The van der Waals surface area contributed by atoms with Crippen molar-refractivity contribution < 1.29 is 13.2 Å². The molecule has 1 aromatic rings. The van der Waals surface area contributed by atoms with Crippen LogP contribution >= 0.6 is 0 Å². The van der Waals surface area contributed by atoms with Crippen LogP contribution in [0.2, 0.25) is 18.1 Å². The first kappa shape index (κ1) is 13.2. The van der Waals surface area contributed by atoms with E-state index in [4.69, 9.17) is 0 Å². The maximum Gasteiger partial charge on any atom is 0.251 e. The minimum Gasteiger partial charge on any atom is -0.226 e. The van der Waals surface area contributed by atoms with E-state index in [1.165, 1.54) is 6.20 Å². The summed E-state index contributed by atoms with van der Waals surface area (Å²) in [6.07, 6.45) is 1.18. The molecule has 1 rings (SSSR count). The van der Waals surface area contributed by atoms with Gasteiger partial charge in [0.05, 0.1) is 8.07 Å². The second-order valence-electron chi connectivity index (χ2n) is 3.93.